The van der Waals surface area contributed by atoms with Gasteiger partial charge in [0.25, 0.3) is 5.91 Å². The summed E-state index contributed by atoms with van der Waals surface area (Å²) in [4.78, 5) is 23.9. The lowest BCUT2D eigenvalue weighted by molar-refractivity contribution is -0.119. The quantitative estimate of drug-likeness (QED) is 0.399. The summed E-state index contributed by atoms with van der Waals surface area (Å²) in [7, 11) is 0. The number of nitrogens with one attached hydrogen (secondary N) is 1. The summed E-state index contributed by atoms with van der Waals surface area (Å²) in [5.74, 6) is -2.19. The zero-order valence-electron chi connectivity index (χ0n) is 14.8. The second kappa shape index (κ2) is 9.42. The molecule has 2 aromatic rings. The molecule has 0 bridgehead atoms. The number of aliphatic hydroxyl groups is 4. The van der Waals surface area contributed by atoms with Crippen LogP contribution in [0.3, 0.4) is 0 Å². The van der Waals surface area contributed by atoms with E-state index in [0.29, 0.717) is 5.69 Å². The average molecular weight is 397 g/mol. The standard InChI is InChI=1S/C18H20FNO8/c1-9-12(6-14(28-9)17(25)16(24)13(22)7-21)18(26)27-8-15(23)20-11-4-2-10(19)3-5-11/h2-6,13,16-17,21-22,24-25H,7-8H2,1H3,(H,20,23)/t13-,16-,17-/m1/s1. The van der Waals surface area contributed by atoms with Crippen molar-refractivity contribution < 1.29 is 43.6 Å². The number of furan rings is 1. The lowest BCUT2D eigenvalue weighted by Crippen LogP contribution is -2.34. The lowest BCUT2D eigenvalue weighted by atomic mass is 10.1. The van der Waals surface area contributed by atoms with E-state index >= 15 is 0 Å². The molecule has 1 aromatic heterocycles. The number of hydrogen-bond acceptors (Lipinski definition) is 8. The molecule has 5 N–H and O–H groups in total. The first-order chi connectivity index (χ1) is 13.2. The fraction of sp³-hybridized carbons (Fsp3) is 0.333. The second-order valence-electron chi connectivity index (χ2n) is 5.94. The van der Waals surface area contributed by atoms with E-state index in [-0.39, 0.29) is 17.1 Å². The SMILES string of the molecule is Cc1oc([C@@H](O)[C@H](O)[C@H](O)CO)cc1C(=O)OCC(=O)Nc1ccc(F)cc1. The molecule has 152 valence electrons. The molecule has 0 radical (unpaired) electrons. The summed E-state index contributed by atoms with van der Waals surface area (Å²) < 4.78 is 22.9. The zero-order valence-corrected chi connectivity index (χ0v) is 14.8. The number of benzene rings is 1. The van der Waals surface area contributed by atoms with Gasteiger partial charge in [-0.25, -0.2) is 9.18 Å². The van der Waals surface area contributed by atoms with E-state index in [2.05, 4.69) is 5.32 Å². The largest absolute Gasteiger partial charge is 0.463 e. The maximum absolute atomic E-state index is 12.8. The molecule has 1 heterocycles. The Bertz CT molecular complexity index is 819. The third kappa shape index (κ3) is 5.36. The number of aryl methyl sites for hydroxylation is 1. The van der Waals surface area contributed by atoms with E-state index in [4.69, 9.17) is 14.3 Å². The van der Waals surface area contributed by atoms with Crippen LogP contribution in [0.15, 0.2) is 34.7 Å². The van der Waals surface area contributed by atoms with Gasteiger partial charge in [-0.3, -0.25) is 4.79 Å². The number of carbonyl (C=O) groups excluding carboxylic acids is 2. The number of amides is 1. The van der Waals surface area contributed by atoms with Crippen LogP contribution in [0, 0.1) is 12.7 Å². The summed E-state index contributed by atoms with van der Waals surface area (Å²) in [5.41, 5.74) is 0.234. The van der Waals surface area contributed by atoms with E-state index in [1.807, 2.05) is 0 Å². The summed E-state index contributed by atoms with van der Waals surface area (Å²) >= 11 is 0. The number of ether oxygens (including phenoxy) is 1. The zero-order chi connectivity index (χ0) is 20.8. The normalized spacial score (nSPS) is 14.2. The number of esters is 1. The number of halogens is 1. The molecular weight excluding hydrogens is 377 g/mol. The monoisotopic (exact) mass is 397 g/mol. The highest BCUT2D eigenvalue weighted by Crippen LogP contribution is 2.25. The van der Waals surface area contributed by atoms with Crippen molar-refractivity contribution in [2.75, 3.05) is 18.5 Å². The van der Waals surface area contributed by atoms with Crippen LogP contribution in [-0.2, 0) is 9.53 Å². The summed E-state index contributed by atoms with van der Waals surface area (Å²) in [5, 5.41) is 40.2. The average Bonchev–Trinajstić information content (AvgIpc) is 3.07. The summed E-state index contributed by atoms with van der Waals surface area (Å²) in [6.07, 6.45) is -5.03. The number of aliphatic hydroxyl groups excluding tert-OH is 4. The molecule has 2 rings (SSSR count). The van der Waals surface area contributed by atoms with Crippen molar-refractivity contribution in [2.24, 2.45) is 0 Å². The van der Waals surface area contributed by atoms with E-state index in [1.165, 1.54) is 19.1 Å². The molecule has 0 aliphatic rings. The number of rotatable bonds is 8. The van der Waals surface area contributed by atoms with E-state index in [0.717, 1.165) is 18.2 Å². The van der Waals surface area contributed by atoms with Gasteiger partial charge in [0.2, 0.25) is 0 Å². The molecule has 28 heavy (non-hydrogen) atoms. The van der Waals surface area contributed by atoms with Crippen molar-refractivity contribution in [3.63, 3.8) is 0 Å². The third-order valence-electron chi connectivity index (χ3n) is 3.82. The molecule has 9 nitrogen and oxygen atoms in total. The Morgan fingerprint density at radius 1 is 1.21 bits per heavy atom. The molecule has 0 fully saturated rings. The van der Waals surface area contributed by atoms with Gasteiger partial charge < -0.3 is 34.9 Å². The first kappa shape index (κ1) is 21.5. The van der Waals surface area contributed by atoms with Crippen molar-refractivity contribution >= 4 is 17.6 Å². The Hall–Kier alpha value is -2.79. The van der Waals surface area contributed by atoms with Crippen molar-refractivity contribution in [2.45, 2.75) is 25.2 Å². The van der Waals surface area contributed by atoms with Crippen LogP contribution in [0.4, 0.5) is 10.1 Å². The van der Waals surface area contributed by atoms with Gasteiger partial charge in [-0.15, -0.1) is 0 Å². The van der Waals surface area contributed by atoms with E-state index in [1.54, 1.807) is 0 Å². The Morgan fingerprint density at radius 3 is 2.46 bits per heavy atom. The fourth-order valence-electron chi connectivity index (χ4n) is 2.28. The molecule has 1 aromatic carbocycles. The number of carbonyl (C=O) groups is 2. The van der Waals surface area contributed by atoms with Gasteiger partial charge in [0.05, 0.1) is 6.61 Å². The van der Waals surface area contributed by atoms with Gasteiger partial charge in [-0.05, 0) is 37.3 Å². The first-order valence-corrected chi connectivity index (χ1v) is 8.20. The van der Waals surface area contributed by atoms with Crippen LogP contribution in [-0.4, -0.2) is 57.7 Å². The van der Waals surface area contributed by atoms with Crippen molar-refractivity contribution in [1.29, 1.82) is 0 Å². The van der Waals surface area contributed by atoms with Crippen LogP contribution in [0.5, 0.6) is 0 Å². The second-order valence-corrected chi connectivity index (χ2v) is 5.94. The van der Waals surface area contributed by atoms with Crippen LogP contribution < -0.4 is 5.32 Å². The highest BCUT2D eigenvalue weighted by atomic mass is 19.1. The van der Waals surface area contributed by atoms with Crippen LogP contribution in [0.25, 0.3) is 0 Å². The van der Waals surface area contributed by atoms with Crippen molar-refractivity contribution in [3.05, 3.63) is 53.2 Å². The minimum atomic E-state index is -1.74. The van der Waals surface area contributed by atoms with E-state index in [9.17, 15) is 29.3 Å². The van der Waals surface area contributed by atoms with Gasteiger partial charge in [0.1, 0.15) is 41.2 Å². The molecule has 0 spiro atoms. The first-order valence-electron chi connectivity index (χ1n) is 8.20. The molecule has 10 heteroatoms. The Labute approximate surface area is 159 Å². The minimum absolute atomic E-state index is 0.0590. The molecule has 0 saturated heterocycles. The number of anilines is 1. The van der Waals surface area contributed by atoms with Gasteiger partial charge in [0, 0.05) is 5.69 Å². The molecular formula is C18H20FNO8. The lowest BCUT2D eigenvalue weighted by Gasteiger charge is -2.19. The molecule has 0 aliphatic carbocycles. The highest BCUT2D eigenvalue weighted by molar-refractivity contribution is 5.95. The minimum Gasteiger partial charge on any atom is -0.463 e. The fourth-order valence-corrected chi connectivity index (χ4v) is 2.28. The molecule has 0 aliphatic heterocycles. The van der Waals surface area contributed by atoms with Crippen LogP contribution in [0.1, 0.15) is 28.0 Å². The molecule has 0 unspecified atom stereocenters. The topological polar surface area (TPSA) is 149 Å². The van der Waals surface area contributed by atoms with Gasteiger partial charge in [0.15, 0.2) is 6.61 Å². The third-order valence-corrected chi connectivity index (χ3v) is 3.82. The van der Waals surface area contributed by atoms with Crippen LogP contribution in [0.2, 0.25) is 0 Å². The Balaban J connectivity index is 1.96. The van der Waals surface area contributed by atoms with Gasteiger partial charge >= 0.3 is 5.97 Å². The highest BCUT2D eigenvalue weighted by Gasteiger charge is 2.30. The smallest absolute Gasteiger partial charge is 0.342 e. The van der Waals surface area contributed by atoms with Gasteiger partial charge in [-0.1, -0.05) is 0 Å². The maximum Gasteiger partial charge on any atom is 0.342 e. The predicted octanol–water partition coefficient (Wildman–Crippen LogP) is 0.270. The Kier molecular flexibility index (Phi) is 7.24. The number of hydrogen-bond donors (Lipinski definition) is 5. The van der Waals surface area contributed by atoms with Crippen LogP contribution >= 0.6 is 0 Å². The maximum atomic E-state index is 12.8. The van der Waals surface area contributed by atoms with Crippen molar-refractivity contribution in [3.8, 4) is 0 Å². The summed E-state index contributed by atoms with van der Waals surface area (Å²) in [6, 6.07) is 6.11. The van der Waals surface area contributed by atoms with Gasteiger partial charge in [-0.2, -0.15) is 0 Å². The van der Waals surface area contributed by atoms with E-state index < -0.39 is 49.2 Å². The summed E-state index contributed by atoms with van der Waals surface area (Å²) in [6.45, 7) is 0.000797. The predicted molar refractivity (Wildman–Crippen MR) is 92.8 cm³/mol. The molecule has 1 amide bonds. The molecule has 0 saturated carbocycles. The molecule has 3 atom stereocenters. The Morgan fingerprint density at radius 2 is 1.86 bits per heavy atom. The van der Waals surface area contributed by atoms with Crippen molar-refractivity contribution in [1.82, 2.24) is 0 Å².